The summed E-state index contributed by atoms with van der Waals surface area (Å²) in [7, 11) is 0. The zero-order valence-corrected chi connectivity index (χ0v) is 17.2. The predicted molar refractivity (Wildman–Crippen MR) is 118 cm³/mol. The lowest BCUT2D eigenvalue weighted by atomic mass is 9.96. The zero-order chi connectivity index (χ0) is 22.1. The van der Waals surface area contributed by atoms with E-state index >= 15 is 0 Å². The Labute approximate surface area is 179 Å². The van der Waals surface area contributed by atoms with Crippen molar-refractivity contribution in [3.05, 3.63) is 69.6 Å². The Morgan fingerprint density at radius 1 is 1.16 bits per heavy atom. The number of anilines is 1. The molecular weight excluding hydrogens is 395 g/mol. The van der Waals surface area contributed by atoms with Gasteiger partial charge in [0.25, 0.3) is 0 Å². The Morgan fingerprint density at radius 2 is 1.87 bits per heavy atom. The number of aromatic amines is 1. The minimum Gasteiger partial charge on any atom is -0.508 e. The first-order chi connectivity index (χ1) is 14.9. The van der Waals surface area contributed by atoms with Gasteiger partial charge in [0, 0.05) is 30.8 Å². The van der Waals surface area contributed by atoms with E-state index in [9.17, 15) is 14.3 Å². The minimum atomic E-state index is -0.659. The highest BCUT2D eigenvalue weighted by atomic mass is 19.1. The molecule has 4 rings (SSSR count). The zero-order valence-electron chi connectivity index (χ0n) is 17.2. The van der Waals surface area contributed by atoms with Gasteiger partial charge in [-0.3, -0.25) is 4.79 Å². The van der Waals surface area contributed by atoms with Crippen molar-refractivity contribution in [1.29, 1.82) is 5.26 Å². The fourth-order valence-corrected chi connectivity index (χ4v) is 3.89. The van der Waals surface area contributed by atoms with Crippen LogP contribution in [0.3, 0.4) is 0 Å². The van der Waals surface area contributed by atoms with Gasteiger partial charge in [-0.25, -0.2) is 4.39 Å². The van der Waals surface area contributed by atoms with Crippen molar-refractivity contribution in [3.8, 4) is 34.2 Å². The van der Waals surface area contributed by atoms with Crippen LogP contribution >= 0.6 is 0 Å². The van der Waals surface area contributed by atoms with Crippen molar-refractivity contribution in [2.75, 3.05) is 18.0 Å². The molecule has 1 saturated heterocycles. The van der Waals surface area contributed by atoms with Crippen molar-refractivity contribution in [2.24, 2.45) is 5.73 Å². The number of rotatable bonds is 3. The fourth-order valence-electron chi connectivity index (χ4n) is 3.89. The van der Waals surface area contributed by atoms with E-state index in [4.69, 9.17) is 11.0 Å². The summed E-state index contributed by atoms with van der Waals surface area (Å²) in [5.41, 5.74) is 8.11. The molecule has 31 heavy (non-hydrogen) atoms. The van der Waals surface area contributed by atoms with Crippen LogP contribution in [0.1, 0.15) is 24.0 Å². The molecule has 1 aliphatic rings. The van der Waals surface area contributed by atoms with Crippen LogP contribution < -0.4 is 16.1 Å². The second kappa shape index (κ2) is 8.25. The van der Waals surface area contributed by atoms with Crippen molar-refractivity contribution < 1.29 is 9.50 Å². The van der Waals surface area contributed by atoms with E-state index in [0.29, 0.717) is 46.9 Å². The van der Waals surface area contributed by atoms with Crippen molar-refractivity contribution in [3.63, 3.8) is 0 Å². The van der Waals surface area contributed by atoms with Crippen LogP contribution in [-0.2, 0) is 0 Å². The van der Waals surface area contributed by atoms with E-state index in [0.717, 1.165) is 12.8 Å². The van der Waals surface area contributed by atoms with Gasteiger partial charge in [-0.15, -0.1) is 0 Å². The Kier molecular flexibility index (Phi) is 5.49. The highest BCUT2D eigenvalue weighted by Crippen LogP contribution is 2.33. The summed E-state index contributed by atoms with van der Waals surface area (Å²) in [5, 5.41) is 19.2. The summed E-state index contributed by atoms with van der Waals surface area (Å²) in [6.45, 7) is 3.19. The van der Waals surface area contributed by atoms with Crippen LogP contribution in [-0.4, -0.2) is 29.2 Å². The van der Waals surface area contributed by atoms with E-state index in [1.54, 1.807) is 25.1 Å². The van der Waals surface area contributed by atoms with Crippen molar-refractivity contribution >= 4 is 5.82 Å². The molecule has 1 aliphatic heterocycles. The number of aromatic hydroxyl groups is 1. The number of halogens is 1. The summed E-state index contributed by atoms with van der Waals surface area (Å²) in [5.74, 6) is 0.0487. The third kappa shape index (κ3) is 4.03. The van der Waals surface area contributed by atoms with Gasteiger partial charge in [0.15, 0.2) is 5.43 Å². The molecule has 0 amide bonds. The second-order valence-electron chi connectivity index (χ2n) is 7.90. The molecule has 0 atom stereocenters. The smallest absolute Gasteiger partial charge is 0.192 e. The van der Waals surface area contributed by atoms with Crippen LogP contribution in [0.15, 0.2) is 47.3 Å². The fraction of sp³-hybridized carbons (Fsp3) is 0.250. The number of pyridine rings is 1. The van der Waals surface area contributed by atoms with E-state index in [-0.39, 0.29) is 22.8 Å². The normalized spacial score (nSPS) is 14.5. The van der Waals surface area contributed by atoms with E-state index in [1.807, 2.05) is 6.07 Å². The van der Waals surface area contributed by atoms with Crippen LogP contribution in [0.25, 0.3) is 22.4 Å². The number of phenolic OH excluding ortho intramolecular Hbond substituents is 1. The van der Waals surface area contributed by atoms with Crippen molar-refractivity contribution in [1.82, 2.24) is 4.98 Å². The molecule has 0 unspecified atom stereocenters. The van der Waals surface area contributed by atoms with Gasteiger partial charge in [-0.1, -0.05) is 18.2 Å². The van der Waals surface area contributed by atoms with Gasteiger partial charge in [0.1, 0.15) is 23.5 Å². The number of hydrogen-bond acceptors (Lipinski definition) is 5. The lowest BCUT2D eigenvalue weighted by Gasteiger charge is -2.32. The molecule has 3 aromatic rings. The topological polar surface area (TPSA) is 106 Å². The van der Waals surface area contributed by atoms with E-state index in [2.05, 4.69) is 9.88 Å². The maximum Gasteiger partial charge on any atom is 0.192 e. The monoisotopic (exact) mass is 418 g/mol. The predicted octanol–water partition coefficient (Wildman–Crippen LogP) is 3.66. The van der Waals surface area contributed by atoms with Gasteiger partial charge in [0.05, 0.1) is 16.8 Å². The third-order valence-corrected chi connectivity index (χ3v) is 5.77. The van der Waals surface area contributed by atoms with Gasteiger partial charge >= 0.3 is 0 Å². The van der Waals surface area contributed by atoms with Gasteiger partial charge < -0.3 is 20.7 Å². The third-order valence-electron chi connectivity index (χ3n) is 5.77. The molecule has 1 fully saturated rings. The van der Waals surface area contributed by atoms with Crippen LogP contribution in [0.2, 0.25) is 0 Å². The second-order valence-corrected chi connectivity index (χ2v) is 7.90. The molecule has 6 nitrogen and oxygen atoms in total. The highest BCUT2D eigenvalue weighted by molar-refractivity contribution is 5.83. The summed E-state index contributed by atoms with van der Waals surface area (Å²) < 4.78 is 14.4. The Hall–Kier alpha value is -3.63. The first-order valence-corrected chi connectivity index (χ1v) is 10.1. The highest BCUT2D eigenvalue weighted by Gasteiger charge is 2.21. The Balaban J connectivity index is 1.91. The molecule has 7 heteroatoms. The standard InChI is InChI=1S/C24H23FN4O2/c1-14-2-3-15(11-20(14)30)23-21(31)12-22(29-8-6-18(27)7-9-29)28-24(23)16-4-5-17(13-26)19(25)10-16/h2-5,10-12,18,30H,6-9,27H2,1H3,(H,28,31). The number of benzene rings is 2. The lowest BCUT2D eigenvalue weighted by Crippen LogP contribution is -2.40. The summed E-state index contributed by atoms with van der Waals surface area (Å²) in [6.07, 6.45) is 1.63. The van der Waals surface area contributed by atoms with Gasteiger partial charge in [-0.2, -0.15) is 5.26 Å². The summed E-state index contributed by atoms with van der Waals surface area (Å²) >= 11 is 0. The maximum absolute atomic E-state index is 14.4. The minimum absolute atomic E-state index is 0.0678. The number of aromatic nitrogens is 1. The molecule has 0 spiro atoms. The number of nitrogens with two attached hydrogens (primary N) is 1. The van der Waals surface area contributed by atoms with E-state index < -0.39 is 5.82 Å². The maximum atomic E-state index is 14.4. The first kappa shape index (κ1) is 20.6. The quantitative estimate of drug-likeness (QED) is 0.602. The lowest BCUT2D eigenvalue weighted by molar-refractivity contribution is 0.471. The number of nitrogens with one attached hydrogen (secondary N) is 1. The van der Waals surface area contributed by atoms with Crippen LogP contribution in [0.4, 0.5) is 10.2 Å². The number of aryl methyl sites for hydroxylation is 1. The van der Waals surface area contributed by atoms with Crippen molar-refractivity contribution in [2.45, 2.75) is 25.8 Å². The summed E-state index contributed by atoms with van der Waals surface area (Å²) in [4.78, 5) is 18.6. The molecule has 2 heterocycles. The molecule has 0 radical (unpaired) electrons. The molecule has 0 aliphatic carbocycles. The number of nitrogens with zero attached hydrogens (tertiary/aromatic N) is 2. The molecule has 0 saturated carbocycles. The van der Waals surface area contributed by atoms with Crippen LogP contribution in [0.5, 0.6) is 5.75 Å². The molecular formula is C24H23FN4O2. The number of hydrogen-bond donors (Lipinski definition) is 3. The van der Waals surface area contributed by atoms with Gasteiger partial charge in [-0.05, 0) is 49.1 Å². The average Bonchev–Trinajstić information content (AvgIpc) is 2.75. The molecule has 158 valence electrons. The number of nitriles is 1. The molecule has 4 N–H and O–H groups in total. The number of H-pyrrole nitrogens is 1. The molecule has 2 aromatic carbocycles. The van der Waals surface area contributed by atoms with Crippen LogP contribution in [0, 0.1) is 24.1 Å². The SMILES string of the molecule is Cc1ccc(-c2c(-c3ccc(C#N)c(F)c3)[nH]c(N3CCC(N)CC3)cc2=O)cc1O. The molecule has 0 bridgehead atoms. The van der Waals surface area contributed by atoms with E-state index in [1.165, 1.54) is 24.3 Å². The first-order valence-electron chi connectivity index (χ1n) is 10.1. The number of phenols is 1. The average molecular weight is 418 g/mol. The van der Waals surface area contributed by atoms with Gasteiger partial charge in [0.2, 0.25) is 0 Å². The Bertz CT molecular complexity index is 1240. The summed E-state index contributed by atoms with van der Waals surface area (Å²) in [6, 6.07) is 12.8. The largest absolute Gasteiger partial charge is 0.508 e. The number of piperidine rings is 1. The Morgan fingerprint density at radius 3 is 2.52 bits per heavy atom. The molecule has 1 aromatic heterocycles.